The SMILES string of the molecule is O=C(NC1CCN(C2CCCCC2)CC1)c1ccc2c(c1)OCO2. The third kappa shape index (κ3) is 3.36. The van der Waals surface area contributed by atoms with Crippen molar-refractivity contribution < 1.29 is 14.3 Å². The van der Waals surface area contributed by atoms with Gasteiger partial charge >= 0.3 is 0 Å². The lowest BCUT2D eigenvalue weighted by Crippen LogP contribution is -2.48. The number of hydrogen-bond donors (Lipinski definition) is 1. The highest BCUT2D eigenvalue weighted by molar-refractivity contribution is 5.95. The van der Waals surface area contributed by atoms with Gasteiger partial charge in [-0.2, -0.15) is 0 Å². The van der Waals surface area contributed by atoms with Crippen LogP contribution in [0.1, 0.15) is 55.3 Å². The Kier molecular flexibility index (Phi) is 4.60. The number of nitrogens with zero attached hydrogens (tertiary/aromatic N) is 1. The predicted molar refractivity (Wildman–Crippen MR) is 91.5 cm³/mol. The van der Waals surface area contributed by atoms with Gasteiger partial charge in [0.15, 0.2) is 11.5 Å². The minimum absolute atomic E-state index is 0.00980. The fourth-order valence-corrected chi connectivity index (χ4v) is 4.16. The van der Waals surface area contributed by atoms with Crippen molar-refractivity contribution in [1.29, 1.82) is 0 Å². The number of likely N-dealkylation sites (tertiary alicyclic amines) is 1. The summed E-state index contributed by atoms with van der Waals surface area (Å²) in [6.45, 7) is 2.45. The first kappa shape index (κ1) is 15.8. The van der Waals surface area contributed by atoms with E-state index in [0.29, 0.717) is 17.1 Å². The molecule has 5 heteroatoms. The first-order valence-corrected chi connectivity index (χ1v) is 9.24. The number of hydrogen-bond acceptors (Lipinski definition) is 4. The summed E-state index contributed by atoms with van der Waals surface area (Å²) < 4.78 is 10.6. The van der Waals surface area contributed by atoms with E-state index >= 15 is 0 Å². The molecule has 1 N–H and O–H groups in total. The van der Waals surface area contributed by atoms with E-state index in [0.717, 1.165) is 32.0 Å². The molecule has 2 fully saturated rings. The zero-order valence-corrected chi connectivity index (χ0v) is 14.1. The minimum Gasteiger partial charge on any atom is -0.454 e. The smallest absolute Gasteiger partial charge is 0.251 e. The first-order chi connectivity index (χ1) is 11.8. The van der Waals surface area contributed by atoms with Crippen LogP contribution in [0.4, 0.5) is 0 Å². The van der Waals surface area contributed by atoms with Crippen molar-refractivity contribution in [3.8, 4) is 11.5 Å². The highest BCUT2D eigenvalue weighted by Gasteiger charge is 2.27. The van der Waals surface area contributed by atoms with Crippen molar-refractivity contribution in [3.63, 3.8) is 0 Å². The lowest BCUT2D eigenvalue weighted by molar-refractivity contribution is 0.0865. The van der Waals surface area contributed by atoms with E-state index in [2.05, 4.69) is 10.2 Å². The average Bonchev–Trinajstić information content (AvgIpc) is 3.11. The van der Waals surface area contributed by atoms with Crippen molar-refractivity contribution in [3.05, 3.63) is 23.8 Å². The Hall–Kier alpha value is -1.75. The van der Waals surface area contributed by atoms with Crippen LogP contribution in [-0.2, 0) is 0 Å². The van der Waals surface area contributed by atoms with Crippen LogP contribution in [0.25, 0.3) is 0 Å². The van der Waals surface area contributed by atoms with Crippen molar-refractivity contribution in [1.82, 2.24) is 10.2 Å². The van der Waals surface area contributed by atoms with Crippen LogP contribution in [0.2, 0.25) is 0 Å². The molecule has 0 atom stereocenters. The lowest BCUT2D eigenvalue weighted by atomic mass is 9.92. The summed E-state index contributed by atoms with van der Waals surface area (Å²) >= 11 is 0. The van der Waals surface area contributed by atoms with Crippen LogP contribution in [0.15, 0.2) is 18.2 Å². The zero-order chi connectivity index (χ0) is 16.4. The third-order valence-corrected chi connectivity index (χ3v) is 5.59. The molecule has 3 aliphatic rings. The minimum atomic E-state index is -0.00980. The molecule has 4 rings (SSSR count). The summed E-state index contributed by atoms with van der Waals surface area (Å²) in [5.74, 6) is 1.37. The van der Waals surface area contributed by atoms with Gasteiger partial charge in [0, 0.05) is 30.7 Å². The number of benzene rings is 1. The molecule has 1 saturated heterocycles. The van der Waals surface area contributed by atoms with Crippen LogP contribution in [0.5, 0.6) is 11.5 Å². The molecule has 1 aromatic carbocycles. The molecule has 0 aromatic heterocycles. The van der Waals surface area contributed by atoms with Gasteiger partial charge in [-0.05, 0) is 43.9 Å². The van der Waals surface area contributed by atoms with E-state index < -0.39 is 0 Å². The molecule has 1 aromatic rings. The van der Waals surface area contributed by atoms with Crippen molar-refractivity contribution in [2.45, 2.75) is 57.0 Å². The van der Waals surface area contributed by atoms with Crippen molar-refractivity contribution in [2.24, 2.45) is 0 Å². The molecule has 0 radical (unpaired) electrons. The number of carbonyl (C=O) groups excluding carboxylic acids is 1. The summed E-state index contributed by atoms with van der Waals surface area (Å²) in [5.41, 5.74) is 0.647. The van der Waals surface area contributed by atoms with E-state index in [1.54, 1.807) is 12.1 Å². The predicted octanol–water partition coefficient (Wildman–Crippen LogP) is 2.94. The Morgan fingerprint density at radius 2 is 1.75 bits per heavy atom. The summed E-state index contributed by atoms with van der Waals surface area (Å²) in [4.78, 5) is 15.1. The molecule has 1 aliphatic carbocycles. The first-order valence-electron chi connectivity index (χ1n) is 9.24. The molecule has 1 saturated carbocycles. The standard InChI is InChI=1S/C19H26N2O3/c22-19(14-6-7-17-18(12-14)24-13-23-17)20-15-8-10-21(11-9-15)16-4-2-1-3-5-16/h6-7,12,15-16H,1-5,8-11,13H2,(H,20,22). The van der Waals surface area contributed by atoms with Crippen LogP contribution < -0.4 is 14.8 Å². The quantitative estimate of drug-likeness (QED) is 0.926. The summed E-state index contributed by atoms with van der Waals surface area (Å²) in [6, 6.07) is 6.45. The van der Waals surface area contributed by atoms with Gasteiger partial charge in [-0.1, -0.05) is 19.3 Å². The molecule has 0 spiro atoms. The molecule has 0 unspecified atom stereocenters. The molecule has 24 heavy (non-hydrogen) atoms. The maximum Gasteiger partial charge on any atom is 0.251 e. The highest BCUT2D eigenvalue weighted by atomic mass is 16.7. The van der Waals surface area contributed by atoms with E-state index in [-0.39, 0.29) is 18.7 Å². The number of fused-ring (bicyclic) bond motifs is 1. The van der Waals surface area contributed by atoms with Gasteiger partial charge in [0.2, 0.25) is 6.79 Å². The van der Waals surface area contributed by atoms with Gasteiger partial charge < -0.3 is 19.7 Å². The number of nitrogens with one attached hydrogen (secondary N) is 1. The van der Waals surface area contributed by atoms with Gasteiger partial charge in [0.25, 0.3) is 5.91 Å². The number of ether oxygens (including phenoxy) is 2. The maximum absolute atomic E-state index is 12.5. The lowest BCUT2D eigenvalue weighted by Gasteiger charge is -2.39. The Morgan fingerprint density at radius 3 is 2.54 bits per heavy atom. The number of piperidine rings is 1. The summed E-state index contributed by atoms with van der Waals surface area (Å²) in [5, 5.41) is 3.19. The van der Waals surface area contributed by atoms with Gasteiger partial charge in [0.05, 0.1) is 0 Å². The Balaban J connectivity index is 1.29. The summed E-state index contributed by atoms with van der Waals surface area (Å²) in [7, 11) is 0. The van der Waals surface area contributed by atoms with Gasteiger partial charge in [-0.25, -0.2) is 0 Å². The Bertz CT molecular complexity index is 590. The topological polar surface area (TPSA) is 50.8 Å². The fraction of sp³-hybridized carbons (Fsp3) is 0.632. The van der Waals surface area contributed by atoms with E-state index in [1.165, 1.54) is 32.1 Å². The van der Waals surface area contributed by atoms with Gasteiger partial charge in [-0.3, -0.25) is 4.79 Å². The van der Waals surface area contributed by atoms with Crippen LogP contribution >= 0.6 is 0 Å². The van der Waals surface area contributed by atoms with E-state index in [4.69, 9.17) is 9.47 Å². The molecular weight excluding hydrogens is 304 g/mol. The van der Waals surface area contributed by atoms with E-state index in [9.17, 15) is 4.79 Å². The fourth-order valence-electron chi connectivity index (χ4n) is 4.16. The Labute approximate surface area is 143 Å². The van der Waals surface area contributed by atoms with Crippen LogP contribution in [0, 0.1) is 0 Å². The number of amides is 1. The van der Waals surface area contributed by atoms with Crippen LogP contribution in [-0.4, -0.2) is 42.8 Å². The van der Waals surface area contributed by atoms with Gasteiger partial charge in [-0.15, -0.1) is 0 Å². The molecule has 2 heterocycles. The number of carbonyl (C=O) groups is 1. The molecule has 130 valence electrons. The molecule has 5 nitrogen and oxygen atoms in total. The van der Waals surface area contributed by atoms with Crippen molar-refractivity contribution in [2.75, 3.05) is 19.9 Å². The monoisotopic (exact) mass is 330 g/mol. The van der Waals surface area contributed by atoms with E-state index in [1.807, 2.05) is 6.07 Å². The zero-order valence-electron chi connectivity index (χ0n) is 14.1. The third-order valence-electron chi connectivity index (χ3n) is 5.59. The second-order valence-corrected chi connectivity index (χ2v) is 7.14. The molecule has 2 aliphatic heterocycles. The second-order valence-electron chi connectivity index (χ2n) is 7.14. The average molecular weight is 330 g/mol. The molecule has 1 amide bonds. The second kappa shape index (κ2) is 7.01. The Morgan fingerprint density at radius 1 is 1.00 bits per heavy atom. The largest absolute Gasteiger partial charge is 0.454 e. The normalized spacial score (nSPS) is 22.5. The highest BCUT2D eigenvalue weighted by Crippen LogP contribution is 2.32. The van der Waals surface area contributed by atoms with Crippen molar-refractivity contribution >= 4 is 5.91 Å². The maximum atomic E-state index is 12.5. The molecule has 0 bridgehead atoms. The summed E-state index contributed by atoms with van der Waals surface area (Å²) in [6.07, 6.45) is 8.97. The molecular formula is C19H26N2O3. The van der Waals surface area contributed by atoms with Gasteiger partial charge in [0.1, 0.15) is 0 Å². The van der Waals surface area contributed by atoms with Crippen LogP contribution in [0.3, 0.4) is 0 Å². The number of rotatable bonds is 3.